The molecule has 0 atom stereocenters. The predicted octanol–water partition coefficient (Wildman–Crippen LogP) is 3.76. The molecule has 0 unspecified atom stereocenters. The lowest BCUT2D eigenvalue weighted by Gasteiger charge is -2.24. The smallest absolute Gasteiger partial charge is 0.131 e. The van der Waals surface area contributed by atoms with Gasteiger partial charge in [-0.2, -0.15) is 0 Å². The number of rotatable bonds is 3. The van der Waals surface area contributed by atoms with E-state index >= 15 is 0 Å². The van der Waals surface area contributed by atoms with Crippen LogP contribution < -0.4 is 0 Å². The number of hydrogen-bond acceptors (Lipinski definition) is 2. The topological polar surface area (TPSA) is 25.8 Å². The Labute approximate surface area is 99.7 Å². The number of alkyl halides is 1. The van der Waals surface area contributed by atoms with Gasteiger partial charge < -0.3 is 0 Å². The molecule has 3 heteroatoms. The second-order valence-corrected chi connectivity index (χ2v) is 5.12. The maximum absolute atomic E-state index is 4.72. The van der Waals surface area contributed by atoms with Gasteiger partial charge in [0, 0.05) is 23.0 Å². The minimum Gasteiger partial charge on any atom is -0.241 e. The first-order valence-corrected chi connectivity index (χ1v) is 6.76. The fourth-order valence-electron chi connectivity index (χ4n) is 1.90. The van der Waals surface area contributed by atoms with Crippen LogP contribution in [0.15, 0.2) is 6.20 Å². The van der Waals surface area contributed by atoms with Crippen LogP contribution in [0.2, 0.25) is 0 Å². The Hall–Kier alpha value is -0.440. The lowest BCUT2D eigenvalue weighted by Crippen LogP contribution is -2.14. The van der Waals surface area contributed by atoms with Crippen LogP contribution in [0.5, 0.6) is 0 Å². The molecule has 0 bridgehead atoms. The zero-order valence-electron chi connectivity index (χ0n) is 9.33. The molecule has 15 heavy (non-hydrogen) atoms. The molecular formula is C12H17BrN2. The zero-order valence-corrected chi connectivity index (χ0v) is 10.9. The van der Waals surface area contributed by atoms with E-state index < -0.39 is 0 Å². The van der Waals surface area contributed by atoms with Crippen LogP contribution in [0.4, 0.5) is 0 Å². The summed E-state index contributed by atoms with van der Waals surface area (Å²) in [6, 6.07) is 0. The van der Waals surface area contributed by atoms with Crippen molar-refractivity contribution in [1.82, 2.24) is 9.97 Å². The molecule has 1 aromatic rings. The molecule has 0 aliphatic heterocycles. The summed E-state index contributed by atoms with van der Waals surface area (Å²) in [5.74, 6) is 2.18. The average Bonchev–Trinajstić information content (AvgIpc) is 2.15. The van der Waals surface area contributed by atoms with Crippen molar-refractivity contribution in [3.63, 3.8) is 0 Å². The highest BCUT2D eigenvalue weighted by atomic mass is 79.9. The molecule has 0 radical (unpaired) electrons. The lowest BCUT2D eigenvalue weighted by molar-refractivity contribution is 0.399. The summed E-state index contributed by atoms with van der Waals surface area (Å²) in [6.07, 6.45) is 5.87. The van der Waals surface area contributed by atoms with Crippen molar-refractivity contribution in [2.45, 2.75) is 50.3 Å². The van der Waals surface area contributed by atoms with E-state index in [1.807, 2.05) is 6.20 Å². The monoisotopic (exact) mass is 268 g/mol. The minimum absolute atomic E-state index is 0.486. The van der Waals surface area contributed by atoms with E-state index in [0.29, 0.717) is 11.8 Å². The standard InChI is InChI=1S/C12H17BrN2/c1-8(2)11-10(6-13)7-14-12(15-11)9-4-3-5-9/h7-9H,3-6H2,1-2H3. The number of nitrogens with zero attached hydrogens (tertiary/aromatic N) is 2. The van der Waals surface area contributed by atoms with Crippen molar-refractivity contribution in [2.24, 2.45) is 0 Å². The van der Waals surface area contributed by atoms with Gasteiger partial charge in [-0.25, -0.2) is 9.97 Å². The van der Waals surface area contributed by atoms with Crippen molar-refractivity contribution >= 4 is 15.9 Å². The SMILES string of the molecule is CC(C)c1nc(C2CCC2)ncc1CBr. The molecule has 1 aromatic heterocycles. The summed E-state index contributed by atoms with van der Waals surface area (Å²) in [7, 11) is 0. The molecule has 0 N–H and O–H groups in total. The van der Waals surface area contributed by atoms with Crippen LogP contribution in [-0.4, -0.2) is 9.97 Å². The first-order chi connectivity index (χ1) is 7.22. The van der Waals surface area contributed by atoms with E-state index in [2.05, 4.69) is 34.8 Å². The maximum atomic E-state index is 4.72. The molecule has 1 fully saturated rings. The molecule has 2 rings (SSSR count). The van der Waals surface area contributed by atoms with Gasteiger partial charge in [0.25, 0.3) is 0 Å². The van der Waals surface area contributed by atoms with E-state index in [-0.39, 0.29) is 0 Å². The van der Waals surface area contributed by atoms with Gasteiger partial charge in [0.2, 0.25) is 0 Å². The number of hydrogen-bond donors (Lipinski definition) is 0. The molecule has 0 spiro atoms. The Balaban J connectivity index is 2.31. The largest absolute Gasteiger partial charge is 0.241 e. The Morgan fingerprint density at radius 3 is 2.67 bits per heavy atom. The van der Waals surface area contributed by atoms with Gasteiger partial charge in [-0.3, -0.25) is 0 Å². The van der Waals surface area contributed by atoms with E-state index in [0.717, 1.165) is 11.2 Å². The molecule has 1 saturated carbocycles. The maximum Gasteiger partial charge on any atom is 0.131 e. The van der Waals surface area contributed by atoms with Gasteiger partial charge in [-0.15, -0.1) is 0 Å². The number of aromatic nitrogens is 2. The molecule has 82 valence electrons. The molecule has 2 nitrogen and oxygen atoms in total. The van der Waals surface area contributed by atoms with Crippen molar-refractivity contribution in [3.05, 3.63) is 23.3 Å². The third kappa shape index (κ3) is 2.22. The lowest BCUT2D eigenvalue weighted by atomic mass is 9.84. The van der Waals surface area contributed by atoms with Crippen molar-refractivity contribution < 1.29 is 0 Å². The normalized spacial score (nSPS) is 16.8. The van der Waals surface area contributed by atoms with Gasteiger partial charge in [-0.05, 0) is 18.8 Å². The molecular weight excluding hydrogens is 252 g/mol. The Kier molecular flexibility index (Phi) is 3.39. The van der Waals surface area contributed by atoms with Gasteiger partial charge in [0.15, 0.2) is 0 Å². The van der Waals surface area contributed by atoms with Gasteiger partial charge in [-0.1, -0.05) is 36.2 Å². The predicted molar refractivity (Wildman–Crippen MR) is 65.3 cm³/mol. The summed E-state index contributed by atoms with van der Waals surface area (Å²) < 4.78 is 0. The van der Waals surface area contributed by atoms with Crippen LogP contribution in [0.3, 0.4) is 0 Å². The van der Waals surface area contributed by atoms with Crippen LogP contribution in [0, 0.1) is 0 Å². The molecule has 0 aromatic carbocycles. The Morgan fingerprint density at radius 2 is 2.20 bits per heavy atom. The second-order valence-electron chi connectivity index (χ2n) is 4.55. The van der Waals surface area contributed by atoms with Crippen LogP contribution >= 0.6 is 15.9 Å². The first-order valence-electron chi connectivity index (χ1n) is 5.64. The minimum atomic E-state index is 0.486. The average molecular weight is 269 g/mol. The molecule has 1 aliphatic rings. The van der Waals surface area contributed by atoms with Crippen LogP contribution in [-0.2, 0) is 5.33 Å². The third-order valence-electron chi connectivity index (χ3n) is 3.08. The molecule has 0 saturated heterocycles. The zero-order chi connectivity index (χ0) is 10.8. The fourth-order valence-corrected chi connectivity index (χ4v) is 2.33. The van der Waals surface area contributed by atoms with Gasteiger partial charge in [0.1, 0.15) is 5.82 Å². The molecule has 1 aliphatic carbocycles. The van der Waals surface area contributed by atoms with E-state index in [4.69, 9.17) is 4.98 Å². The summed E-state index contributed by atoms with van der Waals surface area (Å²) in [5, 5.41) is 0.853. The van der Waals surface area contributed by atoms with Crippen molar-refractivity contribution in [3.8, 4) is 0 Å². The Bertz CT molecular complexity index is 345. The van der Waals surface area contributed by atoms with Crippen molar-refractivity contribution in [1.29, 1.82) is 0 Å². The highest BCUT2D eigenvalue weighted by Crippen LogP contribution is 2.35. The fraction of sp³-hybridized carbons (Fsp3) is 0.667. The van der Waals surface area contributed by atoms with Gasteiger partial charge >= 0.3 is 0 Å². The summed E-state index contributed by atoms with van der Waals surface area (Å²) in [6.45, 7) is 4.39. The number of halogens is 1. The highest BCUT2D eigenvalue weighted by molar-refractivity contribution is 9.08. The van der Waals surface area contributed by atoms with Gasteiger partial charge in [0.05, 0.1) is 5.69 Å². The summed E-state index contributed by atoms with van der Waals surface area (Å²) >= 11 is 3.49. The van der Waals surface area contributed by atoms with E-state index in [9.17, 15) is 0 Å². The Morgan fingerprint density at radius 1 is 1.47 bits per heavy atom. The molecule has 0 amide bonds. The second kappa shape index (κ2) is 4.60. The quantitative estimate of drug-likeness (QED) is 0.781. The highest BCUT2D eigenvalue weighted by Gasteiger charge is 2.23. The van der Waals surface area contributed by atoms with Crippen LogP contribution in [0.25, 0.3) is 0 Å². The summed E-state index contributed by atoms with van der Waals surface area (Å²) in [5.41, 5.74) is 2.44. The first kappa shape index (κ1) is 11.1. The van der Waals surface area contributed by atoms with Crippen molar-refractivity contribution in [2.75, 3.05) is 0 Å². The van der Waals surface area contributed by atoms with E-state index in [1.54, 1.807) is 0 Å². The molecule has 1 heterocycles. The van der Waals surface area contributed by atoms with E-state index in [1.165, 1.54) is 30.5 Å². The summed E-state index contributed by atoms with van der Waals surface area (Å²) in [4.78, 5) is 9.20. The third-order valence-corrected chi connectivity index (χ3v) is 3.68. The van der Waals surface area contributed by atoms with Crippen LogP contribution in [0.1, 0.15) is 62.0 Å².